The summed E-state index contributed by atoms with van der Waals surface area (Å²) in [6.07, 6.45) is -8.41. The zero-order chi connectivity index (χ0) is 29.0. The average molecular weight is 564 g/mol. The lowest BCUT2D eigenvalue weighted by atomic mass is 10.0. The third kappa shape index (κ3) is 7.59. The summed E-state index contributed by atoms with van der Waals surface area (Å²) >= 11 is 0. The third-order valence-corrected chi connectivity index (χ3v) is 6.04. The van der Waals surface area contributed by atoms with Crippen molar-refractivity contribution < 1.29 is 45.4 Å². The van der Waals surface area contributed by atoms with Gasteiger partial charge >= 0.3 is 24.0 Å². The second kappa shape index (κ2) is 11.9. The van der Waals surface area contributed by atoms with Crippen LogP contribution in [0.2, 0.25) is 0 Å². The van der Waals surface area contributed by atoms with Crippen LogP contribution < -0.4 is 11.0 Å². The maximum absolute atomic E-state index is 13.4. The second-order valence-corrected chi connectivity index (χ2v) is 8.64. The molecule has 8 nitrogen and oxygen atoms in total. The minimum Gasteiger partial charge on any atom is -0.475 e. The van der Waals surface area contributed by atoms with E-state index in [1.54, 1.807) is 4.57 Å². The van der Waals surface area contributed by atoms with Crippen molar-refractivity contribution in [1.29, 1.82) is 0 Å². The molecule has 3 aromatic rings. The SMILES string of the molecule is O=C(NCCN1CCC(n2c(=O)[nH]c3ccccc32)CC1)c1ccc(F)c(C(F)(F)F)c1.O=C(O)C(F)(F)F. The maximum Gasteiger partial charge on any atom is 0.490 e. The van der Waals surface area contributed by atoms with E-state index in [1.807, 2.05) is 24.3 Å². The van der Waals surface area contributed by atoms with E-state index in [0.717, 1.165) is 43.0 Å². The first kappa shape index (κ1) is 29.7. The van der Waals surface area contributed by atoms with Crippen LogP contribution in [-0.2, 0) is 11.0 Å². The monoisotopic (exact) mass is 564 g/mol. The first-order valence-electron chi connectivity index (χ1n) is 11.5. The fourth-order valence-corrected chi connectivity index (χ4v) is 4.15. The van der Waals surface area contributed by atoms with Crippen LogP contribution in [-0.4, -0.2) is 63.8 Å². The summed E-state index contributed by atoms with van der Waals surface area (Å²) in [4.78, 5) is 38.4. The highest BCUT2D eigenvalue weighted by Gasteiger charge is 2.38. The summed E-state index contributed by atoms with van der Waals surface area (Å²) < 4.78 is 85.4. The maximum atomic E-state index is 13.4. The van der Waals surface area contributed by atoms with Crippen molar-refractivity contribution in [3.8, 4) is 0 Å². The molecule has 2 aromatic carbocycles. The molecule has 3 N–H and O–H groups in total. The summed E-state index contributed by atoms with van der Waals surface area (Å²) in [5, 5.41) is 9.71. The summed E-state index contributed by atoms with van der Waals surface area (Å²) in [7, 11) is 0. The first-order chi connectivity index (χ1) is 18.2. The predicted octanol–water partition coefficient (Wildman–Crippen LogP) is 4.19. The van der Waals surface area contributed by atoms with E-state index in [-0.39, 0.29) is 23.8 Å². The lowest BCUT2D eigenvalue weighted by Gasteiger charge is -2.32. The number of likely N-dealkylation sites (tertiary alicyclic amines) is 1. The second-order valence-electron chi connectivity index (χ2n) is 8.64. The predicted molar refractivity (Wildman–Crippen MR) is 125 cm³/mol. The van der Waals surface area contributed by atoms with Gasteiger partial charge in [0.1, 0.15) is 5.82 Å². The normalized spacial score (nSPS) is 15.1. The third-order valence-electron chi connectivity index (χ3n) is 6.04. The number of carbonyl (C=O) groups is 2. The number of aliphatic carboxylic acids is 1. The lowest BCUT2D eigenvalue weighted by Crippen LogP contribution is -2.41. The van der Waals surface area contributed by atoms with Gasteiger partial charge in [0.15, 0.2) is 0 Å². The molecule has 212 valence electrons. The van der Waals surface area contributed by atoms with Crippen LogP contribution in [0.5, 0.6) is 0 Å². The minimum atomic E-state index is -5.08. The van der Waals surface area contributed by atoms with Gasteiger partial charge < -0.3 is 20.3 Å². The van der Waals surface area contributed by atoms with Gasteiger partial charge in [0.05, 0.1) is 16.6 Å². The Morgan fingerprint density at radius 3 is 2.23 bits per heavy atom. The standard InChI is InChI=1S/C22H22F4N4O2.C2HF3O2/c23-17-6-5-14(13-16(17)22(24,25)26)20(31)27-9-12-29-10-7-15(8-11-29)30-19-4-2-1-3-18(19)28-21(30)32;3-2(4,5)1(6)7/h1-6,13,15H,7-12H2,(H,27,31)(H,28,32);(H,6,7). The smallest absolute Gasteiger partial charge is 0.475 e. The van der Waals surface area contributed by atoms with Gasteiger partial charge in [-0.15, -0.1) is 0 Å². The number of aromatic nitrogens is 2. The van der Waals surface area contributed by atoms with Crippen molar-refractivity contribution in [3.05, 3.63) is 69.9 Å². The Labute approximate surface area is 216 Å². The highest BCUT2D eigenvalue weighted by atomic mass is 19.4. The molecule has 39 heavy (non-hydrogen) atoms. The van der Waals surface area contributed by atoms with Crippen LogP contribution >= 0.6 is 0 Å². The average Bonchev–Trinajstić information content (AvgIpc) is 3.19. The number of halogens is 7. The Morgan fingerprint density at radius 2 is 1.64 bits per heavy atom. The van der Waals surface area contributed by atoms with Gasteiger partial charge in [-0.05, 0) is 43.2 Å². The summed E-state index contributed by atoms with van der Waals surface area (Å²) in [6.45, 7) is 2.21. The molecular formula is C24H23F7N4O4. The minimum absolute atomic E-state index is 0.0736. The number of alkyl halides is 6. The number of rotatable bonds is 5. The van der Waals surface area contributed by atoms with Crippen molar-refractivity contribution in [2.45, 2.75) is 31.2 Å². The number of nitrogens with zero attached hydrogens (tertiary/aromatic N) is 2. The Morgan fingerprint density at radius 1 is 1.03 bits per heavy atom. The molecule has 1 aliphatic rings. The molecule has 1 saturated heterocycles. The number of hydrogen-bond acceptors (Lipinski definition) is 4. The lowest BCUT2D eigenvalue weighted by molar-refractivity contribution is -0.192. The largest absolute Gasteiger partial charge is 0.490 e. The number of fused-ring (bicyclic) bond motifs is 1. The number of amides is 1. The van der Waals surface area contributed by atoms with Crippen LogP contribution in [0, 0.1) is 5.82 Å². The van der Waals surface area contributed by atoms with Gasteiger partial charge in [0.25, 0.3) is 5.91 Å². The molecule has 0 aliphatic carbocycles. The van der Waals surface area contributed by atoms with Gasteiger partial charge in [-0.3, -0.25) is 9.36 Å². The molecular weight excluding hydrogens is 541 g/mol. The van der Waals surface area contributed by atoms with Gasteiger partial charge in [-0.1, -0.05) is 12.1 Å². The van der Waals surface area contributed by atoms with Crippen molar-refractivity contribution in [2.24, 2.45) is 0 Å². The number of carboxylic acids is 1. The van der Waals surface area contributed by atoms with Crippen molar-refractivity contribution in [3.63, 3.8) is 0 Å². The zero-order valence-electron chi connectivity index (χ0n) is 20.1. The fourth-order valence-electron chi connectivity index (χ4n) is 4.15. The van der Waals surface area contributed by atoms with Crippen molar-refractivity contribution >= 4 is 22.9 Å². The number of hydrogen-bond donors (Lipinski definition) is 3. The number of imidazole rings is 1. The molecule has 0 atom stereocenters. The summed E-state index contributed by atoms with van der Waals surface area (Å²) in [5.74, 6) is -4.85. The molecule has 4 rings (SSSR count). The molecule has 0 unspecified atom stereocenters. The number of benzene rings is 2. The fraction of sp³-hybridized carbons (Fsp3) is 0.375. The van der Waals surface area contributed by atoms with Crippen LogP contribution in [0.25, 0.3) is 11.0 Å². The topological polar surface area (TPSA) is 107 Å². The quantitative estimate of drug-likeness (QED) is 0.403. The first-order valence-corrected chi connectivity index (χ1v) is 11.5. The van der Waals surface area contributed by atoms with Crippen LogP contribution in [0.1, 0.15) is 34.8 Å². The number of carboxylic acid groups (broad SMARTS) is 1. The van der Waals surface area contributed by atoms with Gasteiger partial charge in [0.2, 0.25) is 0 Å². The molecule has 0 spiro atoms. The van der Waals surface area contributed by atoms with E-state index in [2.05, 4.69) is 15.2 Å². The molecule has 1 fully saturated rings. The number of nitrogens with one attached hydrogen (secondary N) is 2. The Balaban J connectivity index is 0.000000532. The van der Waals surface area contributed by atoms with Crippen LogP contribution in [0.15, 0.2) is 47.3 Å². The van der Waals surface area contributed by atoms with Crippen molar-refractivity contribution in [1.82, 2.24) is 19.8 Å². The summed E-state index contributed by atoms with van der Waals surface area (Å²) in [6, 6.07) is 9.81. The number of H-pyrrole nitrogens is 1. The van der Waals surface area contributed by atoms with E-state index in [4.69, 9.17) is 9.90 Å². The van der Waals surface area contributed by atoms with E-state index >= 15 is 0 Å². The Bertz CT molecular complexity index is 1370. The van der Waals surface area contributed by atoms with Gasteiger partial charge in [-0.2, -0.15) is 26.3 Å². The molecule has 1 aliphatic heterocycles. The van der Waals surface area contributed by atoms with Crippen LogP contribution in [0.4, 0.5) is 30.7 Å². The van der Waals surface area contributed by atoms with Gasteiger partial charge in [-0.25, -0.2) is 14.0 Å². The van der Waals surface area contributed by atoms with Gasteiger partial charge in [0, 0.05) is 37.8 Å². The highest BCUT2D eigenvalue weighted by Crippen LogP contribution is 2.32. The molecule has 1 aromatic heterocycles. The van der Waals surface area contributed by atoms with Crippen LogP contribution in [0.3, 0.4) is 0 Å². The van der Waals surface area contributed by atoms with E-state index in [1.165, 1.54) is 0 Å². The number of para-hydroxylation sites is 2. The number of carbonyl (C=O) groups excluding carboxylic acids is 1. The molecule has 2 heterocycles. The molecule has 0 radical (unpaired) electrons. The van der Waals surface area contributed by atoms with Crippen molar-refractivity contribution in [2.75, 3.05) is 26.2 Å². The number of aromatic amines is 1. The molecule has 0 saturated carbocycles. The van der Waals surface area contributed by atoms with E-state index < -0.39 is 35.6 Å². The Hall–Kier alpha value is -3.88. The van der Waals surface area contributed by atoms with E-state index in [9.17, 15) is 40.3 Å². The Kier molecular flexibility index (Phi) is 9.04. The summed E-state index contributed by atoms with van der Waals surface area (Å²) in [5.41, 5.74) is -0.150. The number of piperidine rings is 1. The zero-order valence-corrected chi connectivity index (χ0v) is 20.1. The highest BCUT2D eigenvalue weighted by molar-refractivity contribution is 5.94. The molecule has 0 bridgehead atoms. The van der Waals surface area contributed by atoms with E-state index in [0.29, 0.717) is 18.7 Å². The molecule has 15 heteroatoms. The molecule has 1 amide bonds.